The summed E-state index contributed by atoms with van der Waals surface area (Å²) in [5.41, 5.74) is 0. The van der Waals surface area contributed by atoms with Crippen LogP contribution in [0.15, 0.2) is 0 Å². The van der Waals surface area contributed by atoms with Gasteiger partial charge in [0.2, 0.25) is 0 Å². The van der Waals surface area contributed by atoms with Crippen LogP contribution in [-0.2, 0) is 0 Å². The summed E-state index contributed by atoms with van der Waals surface area (Å²) in [6, 6.07) is 0. The zero-order valence-electron chi connectivity index (χ0n) is 11.6. The van der Waals surface area contributed by atoms with Gasteiger partial charge in [-0.05, 0) is 79.4 Å². The molecule has 4 aliphatic rings. The molecular formula is C17H28. The fourth-order valence-corrected chi connectivity index (χ4v) is 6.80. The molecular weight excluding hydrogens is 204 g/mol. The Hall–Kier alpha value is 0. The predicted molar refractivity (Wildman–Crippen MR) is 71.6 cm³/mol. The minimum absolute atomic E-state index is 1.06. The summed E-state index contributed by atoms with van der Waals surface area (Å²) >= 11 is 0. The van der Waals surface area contributed by atoms with Crippen LogP contribution in [0.5, 0.6) is 0 Å². The van der Waals surface area contributed by atoms with Crippen molar-refractivity contribution in [1.29, 1.82) is 0 Å². The number of hydrogen-bond acceptors (Lipinski definition) is 0. The van der Waals surface area contributed by atoms with E-state index in [0.29, 0.717) is 0 Å². The van der Waals surface area contributed by atoms with Gasteiger partial charge in [0.1, 0.15) is 0 Å². The van der Waals surface area contributed by atoms with E-state index in [1.165, 1.54) is 0 Å². The Labute approximate surface area is 107 Å². The Kier molecular flexibility index (Phi) is 2.40. The summed E-state index contributed by atoms with van der Waals surface area (Å²) in [5, 5.41) is 0. The van der Waals surface area contributed by atoms with Crippen molar-refractivity contribution in [2.45, 2.75) is 58.8 Å². The molecule has 0 N–H and O–H groups in total. The van der Waals surface area contributed by atoms with Crippen molar-refractivity contribution in [3.8, 4) is 0 Å². The van der Waals surface area contributed by atoms with E-state index in [0.717, 1.165) is 47.3 Å². The Balaban J connectivity index is 1.56. The highest BCUT2D eigenvalue weighted by atomic mass is 14.6. The fraction of sp³-hybridized carbons (Fsp3) is 1.00. The molecule has 0 aromatic carbocycles. The second-order valence-electron chi connectivity index (χ2n) is 7.88. The summed E-state index contributed by atoms with van der Waals surface area (Å²) < 4.78 is 0. The predicted octanol–water partition coefficient (Wildman–Crippen LogP) is 4.74. The van der Waals surface area contributed by atoms with Gasteiger partial charge in [0.05, 0.1) is 0 Å². The van der Waals surface area contributed by atoms with E-state index in [-0.39, 0.29) is 0 Å². The van der Waals surface area contributed by atoms with E-state index in [1.807, 2.05) is 0 Å². The molecule has 4 fully saturated rings. The average molecular weight is 232 g/mol. The van der Waals surface area contributed by atoms with Gasteiger partial charge >= 0.3 is 0 Å². The van der Waals surface area contributed by atoms with E-state index < -0.39 is 0 Å². The zero-order valence-corrected chi connectivity index (χ0v) is 11.6. The van der Waals surface area contributed by atoms with Crippen LogP contribution in [0.4, 0.5) is 0 Å². The van der Waals surface area contributed by atoms with Gasteiger partial charge in [-0.25, -0.2) is 0 Å². The van der Waals surface area contributed by atoms with Crippen LogP contribution in [0.25, 0.3) is 0 Å². The molecule has 17 heavy (non-hydrogen) atoms. The highest BCUT2D eigenvalue weighted by Gasteiger charge is 2.53. The molecule has 8 atom stereocenters. The van der Waals surface area contributed by atoms with Crippen molar-refractivity contribution in [1.82, 2.24) is 0 Å². The zero-order chi connectivity index (χ0) is 11.6. The van der Waals surface area contributed by atoms with Crippen LogP contribution in [0.2, 0.25) is 0 Å². The smallest absolute Gasteiger partial charge is 0.0326 e. The van der Waals surface area contributed by atoms with Crippen molar-refractivity contribution >= 4 is 0 Å². The lowest BCUT2D eigenvalue weighted by Gasteiger charge is -2.36. The molecule has 0 saturated heterocycles. The van der Waals surface area contributed by atoms with Gasteiger partial charge in [0.25, 0.3) is 0 Å². The Bertz CT molecular complexity index is 305. The third-order valence-electron chi connectivity index (χ3n) is 7.55. The molecule has 0 amide bonds. The second-order valence-corrected chi connectivity index (χ2v) is 7.88. The van der Waals surface area contributed by atoms with Gasteiger partial charge in [0.15, 0.2) is 0 Å². The van der Waals surface area contributed by atoms with Gasteiger partial charge in [0, 0.05) is 0 Å². The molecule has 2 bridgehead atoms. The van der Waals surface area contributed by atoms with Gasteiger partial charge < -0.3 is 0 Å². The monoisotopic (exact) mass is 232 g/mol. The first-order valence-corrected chi connectivity index (χ1v) is 8.25. The highest BCUT2D eigenvalue weighted by molar-refractivity contribution is 5.03. The first-order valence-electron chi connectivity index (χ1n) is 8.25. The largest absolute Gasteiger partial charge is 0.0620 e. The summed E-state index contributed by atoms with van der Waals surface area (Å²) in [6.45, 7) is 5.20. The van der Waals surface area contributed by atoms with Gasteiger partial charge in [-0.3, -0.25) is 0 Å². The minimum atomic E-state index is 1.06. The molecule has 0 aliphatic heterocycles. The molecule has 0 radical (unpaired) electrons. The molecule has 8 unspecified atom stereocenters. The lowest BCUT2D eigenvalue weighted by atomic mass is 9.69. The standard InChI is InChI=1S/C17H28/c1-10-12-6-7-14(8-12)17(10)16-9-13-4-3-5-15(13)11(16)2/h10-17H,3-9H2,1-2H3. The van der Waals surface area contributed by atoms with Gasteiger partial charge in [-0.2, -0.15) is 0 Å². The Morgan fingerprint density at radius 3 is 2.18 bits per heavy atom. The van der Waals surface area contributed by atoms with Crippen molar-refractivity contribution in [3.05, 3.63) is 0 Å². The van der Waals surface area contributed by atoms with Crippen molar-refractivity contribution in [2.75, 3.05) is 0 Å². The van der Waals surface area contributed by atoms with E-state index in [9.17, 15) is 0 Å². The molecule has 0 heteroatoms. The molecule has 0 aromatic rings. The Morgan fingerprint density at radius 2 is 1.47 bits per heavy atom. The van der Waals surface area contributed by atoms with E-state index >= 15 is 0 Å². The maximum Gasteiger partial charge on any atom is -0.0326 e. The van der Waals surface area contributed by atoms with Crippen LogP contribution in [0, 0.1) is 47.3 Å². The summed E-state index contributed by atoms with van der Waals surface area (Å²) in [4.78, 5) is 0. The van der Waals surface area contributed by atoms with Crippen LogP contribution in [0.3, 0.4) is 0 Å². The molecule has 0 spiro atoms. The van der Waals surface area contributed by atoms with Crippen LogP contribution >= 0.6 is 0 Å². The molecule has 0 aromatic heterocycles. The topological polar surface area (TPSA) is 0 Å². The molecule has 4 saturated carbocycles. The maximum atomic E-state index is 2.61. The summed E-state index contributed by atoms with van der Waals surface area (Å²) in [5.74, 6) is 8.92. The first-order chi connectivity index (χ1) is 8.25. The first kappa shape index (κ1) is 10.9. The molecule has 4 rings (SSSR count). The molecule has 0 heterocycles. The van der Waals surface area contributed by atoms with E-state index in [2.05, 4.69) is 13.8 Å². The summed E-state index contributed by atoms with van der Waals surface area (Å²) in [7, 11) is 0. The van der Waals surface area contributed by atoms with Gasteiger partial charge in [-0.1, -0.05) is 26.7 Å². The average Bonchev–Trinajstić information content (AvgIpc) is 3.02. The molecule has 0 nitrogen and oxygen atoms in total. The van der Waals surface area contributed by atoms with Crippen LogP contribution in [0.1, 0.15) is 58.8 Å². The third-order valence-corrected chi connectivity index (χ3v) is 7.55. The van der Waals surface area contributed by atoms with Crippen molar-refractivity contribution in [3.63, 3.8) is 0 Å². The number of fused-ring (bicyclic) bond motifs is 3. The lowest BCUT2D eigenvalue weighted by molar-refractivity contribution is 0.124. The normalized spacial score (nSPS) is 61.1. The molecule has 4 aliphatic carbocycles. The van der Waals surface area contributed by atoms with E-state index in [4.69, 9.17) is 0 Å². The Morgan fingerprint density at radius 1 is 0.647 bits per heavy atom. The quantitative estimate of drug-likeness (QED) is 0.612. The minimum Gasteiger partial charge on any atom is -0.0620 e. The third kappa shape index (κ3) is 1.42. The lowest BCUT2D eigenvalue weighted by Crippen LogP contribution is -2.30. The SMILES string of the molecule is CC1C2CCCC2CC1C1C2CCC(C2)C1C. The van der Waals surface area contributed by atoms with Crippen molar-refractivity contribution < 1.29 is 0 Å². The van der Waals surface area contributed by atoms with Gasteiger partial charge in [-0.15, -0.1) is 0 Å². The fourth-order valence-electron chi connectivity index (χ4n) is 6.80. The van der Waals surface area contributed by atoms with Crippen LogP contribution in [-0.4, -0.2) is 0 Å². The van der Waals surface area contributed by atoms with Crippen LogP contribution < -0.4 is 0 Å². The highest BCUT2D eigenvalue weighted by Crippen LogP contribution is 2.61. The van der Waals surface area contributed by atoms with Crippen molar-refractivity contribution in [2.24, 2.45) is 47.3 Å². The summed E-state index contributed by atoms with van der Waals surface area (Å²) in [6.07, 6.45) is 11.0. The van der Waals surface area contributed by atoms with E-state index in [1.54, 1.807) is 44.9 Å². The number of rotatable bonds is 1. The molecule has 96 valence electrons. The second kappa shape index (κ2) is 3.75. The maximum absolute atomic E-state index is 2.61. The number of hydrogen-bond donors (Lipinski definition) is 0.